The lowest BCUT2D eigenvalue weighted by Crippen LogP contribution is -2.29. The summed E-state index contributed by atoms with van der Waals surface area (Å²) in [5, 5.41) is 20.8. The number of aliphatic hydroxyl groups is 1. The van der Waals surface area contributed by atoms with E-state index in [-0.39, 0.29) is 34.4 Å². The molecule has 0 saturated carbocycles. The summed E-state index contributed by atoms with van der Waals surface area (Å²) in [7, 11) is 0. The molecule has 1 atom stereocenters. The van der Waals surface area contributed by atoms with Crippen molar-refractivity contribution in [2.24, 2.45) is 0 Å². The van der Waals surface area contributed by atoms with E-state index in [1.807, 2.05) is 0 Å². The van der Waals surface area contributed by atoms with Gasteiger partial charge in [-0.1, -0.05) is 17.4 Å². The van der Waals surface area contributed by atoms with E-state index >= 15 is 0 Å². The summed E-state index contributed by atoms with van der Waals surface area (Å²) in [5.41, 5.74) is 1.19. The van der Waals surface area contributed by atoms with Gasteiger partial charge in [0.25, 0.3) is 5.78 Å². The Hall–Kier alpha value is -4.77. The fraction of sp³-hybridized carbons (Fsp3) is 0.0800. The number of ketones is 1. The molecule has 2 aliphatic rings. The molecule has 1 amide bonds. The van der Waals surface area contributed by atoms with Gasteiger partial charge >= 0.3 is 11.9 Å². The van der Waals surface area contributed by atoms with Gasteiger partial charge in [0.15, 0.2) is 16.6 Å². The summed E-state index contributed by atoms with van der Waals surface area (Å²) in [6.07, 6.45) is 3.06. The number of hydrogen-bond donors (Lipinski definition) is 2. The van der Waals surface area contributed by atoms with Crippen molar-refractivity contribution < 1.29 is 34.1 Å². The van der Waals surface area contributed by atoms with Crippen molar-refractivity contribution in [1.29, 1.82) is 0 Å². The van der Waals surface area contributed by atoms with Crippen LogP contribution < -0.4 is 14.4 Å². The zero-order chi connectivity index (χ0) is 25.0. The first-order chi connectivity index (χ1) is 17.4. The van der Waals surface area contributed by atoms with Gasteiger partial charge in [-0.25, -0.2) is 9.78 Å². The van der Waals surface area contributed by atoms with Crippen molar-refractivity contribution in [2.45, 2.75) is 6.04 Å². The molecule has 6 rings (SSSR count). The normalized spacial score (nSPS) is 18.2. The monoisotopic (exact) mass is 501 g/mol. The predicted octanol–water partition coefficient (Wildman–Crippen LogP) is 3.74. The van der Waals surface area contributed by atoms with Crippen LogP contribution in [0.4, 0.5) is 5.13 Å². The van der Waals surface area contributed by atoms with Crippen LogP contribution in [0, 0.1) is 0 Å². The van der Waals surface area contributed by atoms with E-state index in [2.05, 4.69) is 9.97 Å². The zero-order valence-corrected chi connectivity index (χ0v) is 19.1. The first-order valence-corrected chi connectivity index (χ1v) is 11.5. The van der Waals surface area contributed by atoms with Crippen LogP contribution in [-0.2, 0) is 9.59 Å². The molecule has 4 heterocycles. The van der Waals surface area contributed by atoms with E-state index in [9.17, 15) is 24.6 Å². The van der Waals surface area contributed by atoms with Crippen LogP contribution in [0.25, 0.3) is 16.0 Å². The van der Waals surface area contributed by atoms with E-state index < -0.39 is 23.7 Å². The first-order valence-electron chi connectivity index (χ1n) is 10.7. The van der Waals surface area contributed by atoms with Crippen LogP contribution in [-0.4, -0.2) is 44.6 Å². The van der Waals surface area contributed by atoms with Crippen LogP contribution in [0.2, 0.25) is 0 Å². The molecular formula is C25H15N3O7S. The van der Waals surface area contributed by atoms with Gasteiger partial charge in [0.05, 0.1) is 27.4 Å². The lowest BCUT2D eigenvalue weighted by atomic mass is 9.96. The number of pyridine rings is 1. The van der Waals surface area contributed by atoms with Gasteiger partial charge in [-0.05, 0) is 48.0 Å². The maximum Gasteiger partial charge on any atom is 0.335 e. The molecule has 2 aliphatic heterocycles. The smallest absolute Gasteiger partial charge is 0.335 e. The molecule has 0 spiro atoms. The maximum absolute atomic E-state index is 13.3. The molecule has 1 fully saturated rings. The minimum atomic E-state index is -1.09. The second kappa shape index (κ2) is 8.17. The molecule has 10 nitrogen and oxygen atoms in total. The number of carbonyl (C=O) groups is 3. The quantitative estimate of drug-likeness (QED) is 0.243. The molecule has 0 aliphatic carbocycles. The Labute approximate surface area is 206 Å². The van der Waals surface area contributed by atoms with Crippen LogP contribution in [0.1, 0.15) is 27.5 Å². The number of aromatic carboxylic acids is 1. The average Bonchev–Trinajstić information content (AvgIpc) is 3.59. The number of anilines is 1. The number of benzene rings is 2. The van der Waals surface area contributed by atoms with Gasteiger partial charge in [-0.3, -0.25) is 19.5 Å². The number of amides is 1. The lowest BCUT2D eigenvalue weighted by molar-refractivity contribution is -0.132. The summed E-state index contributed by atoms with van der Waals surface area (Å²) in [5.74, 6) is -2.31. The van der Waals surface area contributed by atoms with E-state index in [1.54, 1.807) is 36.5 Å². The van der Waals surface area contributed by atoms with E-state index in [0.717, 1.165) is 11.3 Å². The second-order valence-corrected chi connectivity index (χ2v) is 9.02. The summed E-state index contributed by atoms with van der Waals surface area (Å²) in [4.78, 5) is 47.8. The van der Waals surface area contributed by atoms with Crippen molar-refractivity contribution in [1.82, 2.24) is 9.97 Å². The van der Waals surface area contributed by atoms with E-state index in [4.69, 9.17) is 9.47 Å². The number of carboxylic acid groups (broad SMARTS) is 1. The van der Waals surface area contributed by atoms with Crippen LogP contribution >= 0.6 is 11.3 Å². The highest BCUT2D eigenvalue weighted by atomic mass is 32.1. The van der Waals surface area contributed by atoms with Gasteiger partial charge < -0.3 is 19.7 Å². The van der Waals surface area contributed by atoms with Gasteiger partial charge in [0.2, 0.25) is 6.79 Å². The highest BCUT2D eigenvalue weighted by Gasteiger charge is 2.48. The van der Waals surface area contributed by atoms with Gasteiger partial charge in [-0.2, -0.15) is 0 Å². The third-order valence-electron chi connectivity index (χ3n) is 5.92. The molecule has 2 aromatic heterocycles. The molecule has 0 bridgehead atoms. The fourth-order valence-electron chi connectivity index (χ4n) is 4.23. The molecule has 1 unspecified atom stereocenters. The number of hydrogen-bond acceptors (Lipinski definition) is 9. The predicted molar refractivity (Wildman–Crippen MR) is 128 cm³/mol. The summed E-state index contributed by atoms with van der Waals surface area (Å²) >= 11 is 1.07. The standard InChI is InChI=1S/C25H15N3O7S/c29-21(12-4-6-16-17(8-12)35-11-34-16)19-20(14-2-1-7-26-10-14)28(23(31)22(19)30)25-27-15-5-3-13(24(32)33)9-18(15)36-25/h1-10,20,29H,11H2,(H,32,33)/b21-19+. The van der Waals surface area contributed by atoms with E-state index in [0.29, 0.717) is 27.3 Å². The molecule has 4 aromatic rings. The number of carboxylic acids is 1. The highest BCUT2D eigenvalue weighted by molar-refractivity contribution is 7.22. The van der Waals surface area contributed by atoms with Gasteiger partial charge in [0, 0.05) is 18.0 Å². The summed E-state index contributed by atoms with van der Waals surface area (Å²) in [6, 6.07) is 11.5. The van der Waals surface area contributed by atoms with Crippen molar-refractivity contribution in [2.75, 3.05) is 11.7 Å². The number of rotatable bonds is 4. The van der Waals surface area contributed by atoms with E-state index in [1.165, 1.54) is 29.3 Å². The molecule has 36 heavy (non-hydrogen) atoms. The number of aliphatic hydroxyl groups excluding tert-OH is 1. The lowest BCUT2D eigenvalue weighted by Gasteiger charge is -2.22. The molecule has 2 N–H and O–H groups in total. The number of nitrogens with zero attached hydrogens (tertiary/aromatic N) is 3. The number of carbonyl (C=O) groups excluding carboxylic acids is 2. The summed E-state index contributed by atoms with van der Waals surface area (Å²) < 4.78 is 11.2. The van der Waals surface area contributed by atoms with Gasteiger partial charge in [0.1, 0.15) is 5.76 Å². The highest BCUT2D eigenvalue weighted by Crippen LogP contribution is 2.45. The summed E-state index contributed by atoms with van der Waals surface area (Å²) in [6.45, 7) is 0.0425. The molecule has 2 aromatic carbocycles. The number of fused-ring (bicyclic) bond motifs is 2. The Morgan fingerprint density at radius 2 is 1.83 bits per heavy atom. The minimum absolute atomic E-state index is 0.0425. The Morgan fingerprint density at radius 1 is 1.03 bits per heavy atom. The molecule has 1 saturated heterocycles. The minimum Gasteiger partial charge on any atom is -0.507 e. The van der Waals surface area contributed by atoms with Gasteiger partial charge in [-0.15, -0.1) is 0 Å². The molecule has 178 valence electrons. The van der Waals surface area contributed by atoms with Crippen LogP contribution in [0.15, 0.2) is 66.5 Å². The van der Waals surface area contributed by atoms with Crippen molar-refractivity contribution >= 4 is 50.1 Å². The van der Waals surface area contributed by atoms with Crippen molar-refractivity contribution in [3.63, 3.8) is 0 Å². The second-order valence-electron chi connectivity index (χ2n) is 8.01. The zero-order valence-electron chi connectivity index (χ0n) is 18.2. The maximum atomic E-state index is 13.3. The van der Waals surface area contributed by atoms with Crippen LogP contribution in [0.3, 0.4) is 0 Å². The van der Waals surface area contributed by atoms with Crippen molar-refractivity contribution in [3.05, 3.63) is 83.2 Å². The Kier molecular flexibility index (Phi) is 4.93. The number of thiazole rings is 1. The number of ether oxygens (including phenoxy) is 2. The molecule has 0 radical (unpaired) electrons. The largest absolute Gasteiger partial charge is 0.507 e. The number of Topliss-reactive ketones (excluding diaryl/α,β-unsaturated/α-hetero) is 1. The molecule has 11 heteroatoms. The van der Waals surface area contributed by atoms with Crippen LogP contribution in [0.5, 0.6) is 11.5 Å². The topological polar surface area (TPSA) is 139 Å². The Bertz CT molecular complexity index is 1610. The molecular weight excluding hydrogens is 486 g/mol. The Balaban J connectivity index is 1.53. The first kappa shape index (κ1) is 21.7. The van der Waals surface area contributed by atoms with Crippen molar-refractivity contribution in [3.8, 4) is 11.5 Å². The number of aromatic nitrogens is 2. The Morgan fingerprint density at radius 3 is 2.61 bits per heavy atom. The fourth-order valence-corrected chi connectivity index (χ4v) is 5.26. The SMILES string of the molecule is O=C1C(=O)N(c2nc3ccc(C(=O)O)cc3s2)C(c2cccnc2)/C1=C(\O)c1ccc2c(c1)OCO2. The third-order valence-corrected chi connectivity index (χ3v) is 6.94. The third kappa shape index (κ3) is 3.36. The average molecular weight is 501 g/mol.